The van der Waals surface area contributed by atoms with E-state index < -0.39 is 0 Å². The highest BCUT2D eigenvalue weighted by atomic mass is 16.5. The van der Waals surface area contributed by atoms with Crippen molar-refractivity contribution in [2.45, 2.75) is 13.8 Å². The maximum Gasteiger partial charge on any atom is 0.237 e. The van der Waals surface area contributed by atoms with Gasteiger partial charge in [-0.15, -0.1) is 0 Å². The number of anilines is 1. The summed E-state index contributed by atoms with van der Waals surface area (Å²) in [4.78, 5) is 4.47. The molecule has 0 aliphatic rings. The second kappa shape index (κ2) is 5.61. The number of ether oxygens (including phenoxy) is 2. The van der Waals surface area contributed by atoms with E-state index >= 15 is 0 Å². The van der Waals surface area contributed by atoms with Crippen molar-refractivity contribution >= 4 is 5.69 Å². The van der Waals surface area contributed by atoms with Crippen LogP contribution < -0.4 is 15.2 Å². The second-order valence-corrected chi connectivity index (χ2v) is 4.20. The quantitative estimate of drug-likeness (QED) is 0.915. The highest BCUT2D eigenvalue weighted by Gasteiger charge is 2.09. The molecule has 100 valence electrons. The van der Waals surface area contributed by atoms with Crippen molar-refractivity contribution in [2.75, 3.05) is 19.5 Å². The Labute approximate surface area is 113 Å². The van der Waals surface area contributed by atoms with Crippen molar-refractivity contribution in [3.05, 3.63) is 35.9 Å². The van der Waals surface area contributed by atoms with E-state index in [-0.39, 0.29) is 0 Å². The molecule has 0 spiro atoms. The van der Waals surface area contributed by atoms with Crippen molar-refractivity contribution in [2.24, 2.45) is 0 Å². The average Bonchev–Trinajstić information content (AvgIpc) is 2.42. The van der Waals surface area contributed by atoms with Crippen LogP contribution >= 0.6 is 0 Å². The molecular formula is C15H18N2O2. The topological polar surface area (TPSA) is 57.4 Å². The molecule has 0 aliphatic heterocycles. The molecule has 2 rings (SSSR count). The number of aryl methyl sites for hydroxylation is 1. The largest absolute Gasteiger partial charge is 0.497 e. The van der Waals surface area contributed by atoms with Crippen LogP contribution in [0.15, 0.2) is 30.3 Å². The fourth-order valence-electron chi connectivity index (χ4n) is 1.86. The molecule has 2 aromatic rings. The molecule has 0 saturated carbocycles. The van der Waals surface area contributed by atoms with E-state index in [1.807, 2.05) is 44.2 Å². The Morgan fingerprint density at radius 3 is 2.68 bits per heavy atom. The van der Waals surface area contributed by atoms with Crippen LogP contribution in [0, 0.1) is 6.92 Å². The molecular weight excluding hydrogens is 240 g/mol. The zero-order valence-electron chi connectivity index (χ0n) is 11.4. The summed E-state index contributed by atoms with van der Waals surface area (Å²) in [6.07, 6.45) is 0. The number of pyridine rings is 1. The van der Waals surface area contributed by atoms with Crippen LogP contribution in [-0.2, 0) is 0 Å². The molecule has 0 amide bonds. The van der Waals surface area contributed by atoms with Gasteiger partial charge >= 0.3 is 0 Å². The second-order valence-electron chi connectivity index (χ2n) is 4.20. The summed E-state index contributed by atoms with van der Waals surface area (Å²) in [6, 6.07) is 9.60. The van der Waals surface area contributed by atoms with E-state index in [2.05, 4.69) is 4.98 Å². The summed E-state index contributed by atoms with van der Waals surface area (Å²) < 4.78 is 10.7. The first-order valence-electron chi connectivity index (χ1n) is 6.20. The summed E-state index contributed by atoms with van der Waals surface area (Å²) in [6.45, 7) is 4.48. The minimum Gasteiger partial charge on any atom is -0.497 e. The number of hydrogen-bond acceptors (Lipinski definition) is 4. The maximum absolute atomic E-state index is 5.84. The Kier molecular flexibility index (Phi) is 3.90. The summed E-state index contributed by atoms with van der Waals surface area (Å²) in [5.74, 6) is 1.28. The summed E-state index contributed by atoms with van der Waals surface area (Å²) in [5, 5.41) is 0. The van der Waals surface area contributed by atoms with Gasteiger partial charge in [0.1, 0.15) is 5.75 Å². The summed E-state index contributed by atoms with van der Waals surface area (Å²) in [5.41, 5.74) is 9.35. The minimum absolute atomic E-state index is 0.474. The SMILES string of the molecule is CCOc1nc(-c2cc(OC)ccc2C)ccc1N. The van der Waals surface area contributed by atoms with Crippen LogP contribution in [0.2, 0.25) is 0 Å². The first-order valence-corrected chi connectivity index (χ1v) is 6.20. The summed E-state index contributed by atoms with van der Waals surface area (Å²) >= 11 is 0. The first-order chi connectivity index (χ1) is 9.15. The third-order valence-corrected chi connectivity index (χ3v) is 2.89. The third-order valence-electron chi connectivity index (χ3n) is 2.89. The molecule has 0 radical (unpaired) electrons. The lowest BCUT2D eigenvalue weighted by Crippen LogP contribution is -2.00. The number of benzene rings is 1. The number of nitrogens with two attached hydrogens (primary N) is 1. The molecule has 4 heteroatoms. The van der Waals surface area contributed by atoms with Gasteiger partial charge in [-0.05, 0) is 43.7 Å². The van der Waals surface area contributed by atoms with Crippen LogP contribution in [-0.4, -0.2) is 18.7 Å². The fourth-order valence-corrected chi connectivity index (χ4v) is 1.86. The normalized spacial score (nSPS) is 10.3. The molecule has 4 nitrogen and oxygen atoms in total. The molecule has 1 aromatic carbocycles. The van der Waals surface area contributed by atoms with Crippen molar-refractivity contribution in [3.8, 4) is 22.9 Å². The standard InChI is InChI=1S/C15H18N2O2/c1-4-19-15-13(16)7-8-14(17-15)12-9-11(18-3)6-5-10(12)2/h5-9H,4,16H2,1-3H3. The molecule has 0 fully saturated rings. The minimum atomic E-state index is 0.474. The van der Waals surface area contributed by atoms with E-state index in [0.29, 0.717) is 18.2 Å². The Balaban J connectivity index is 2.49. The van der Waals surface area contributed by atoms with E-state index in [4.69, 9.17) is 15.2 Å². The number of methoxy groups -OCH3 is 1. The fraction of sp³-hybridized carbons (Fsp3) is 0.267. The van der Waals surface area contributed by atoms with Crippen LogP contribution in [0.1, 0.15) is 12.5 Å². The number of hydrogen-bond donors (Lipinski definition) is 1. The zero-order chi connectivity index (χ0) is 13.8. The molecule has 0 unspecified atom stereocenters. The maximum atomic E-state index is 5.84. The Morgan fingerprint density at radius 2 is 2.00 bits per heavy atom. The monoisotopic (exact) mass is 258 g/mol. The van der Waals surface area contributed by atoms with Gasteiger partial charge < -0.3 is 15.2 Å². The van der Waals surface area contributed by atoms with Crippen molar-refractivity contribution < 1.29 is 9.47 Å². The molecule has 0 aliphatic carbocycles. The predicted octanol–water partition coefficient (Wildman–Crippen LogP) is 3.05. The van der Waals surface area contributed by atoms with Crippen LogP contribution in [0.25, 0.3) is 11.3 Å². The van der Waals surface area contributed by atoms with Gasteiger partial charge in [-0.2, -0.15) is 0 Å². The van der Waals surface area contributed by atoms with Gasteiger partial charge in [-0.1, -0.05) is 6.07 Å². The predicted molar refractivity (Wildman–Crippen MR) is 76.5 cm³/mol. The van der Waals surface area contributed by atoms with Crippen molar-refractivity contribution in [1.29, 1.82) is 0 Å². The number of nitrogens with zero attached hydrogens (tertiary/aromatic N) is 1. The third kappa shape index (κ3) is 2.78. The number of aromatic nitrogens is 1. The van der Waals surface area contributed by atoms with E-state index in [9.17, 15) is 0 Å². The Hall–Kier alpha value is -2.23. The number of nitrogen functional groups attached to an aromatic ring is 1. The van der Waals surface area contributed by atoms with E-state index in [1.165, 1.54) is 0 Å². The van der Waals surface area contributed by atoms with Crippen molar-refractivity contribution in [1.82, 2.24) is 4.98 Å². The van der Waals surface area contributed by atoms with Gasteiger partial charge in [-0.25, -0.2) is 4.98 Å². The molecule has 0 atom stereocenters. The zero-order valence-corrected chi connectivity index (χ0v) is 11.4. The van der Waals surface area contributed by atoms with E-state index in [0.717, 1.165) is 22.6 Å². The van der Waals surface area contributed by atoms with Gasteiger partial charge in [0.05, 0.1) is 25.1 Å². The lowest BCUT2D eigenvalue weighted by atomic mass is 10.0. The Morgan fingerprint density at radius 1 is 1.21 bits per heavy atom. The van der Waals surface area contributed by atoms with Gasteiger partial charge in [0, 0.05) is 5.56 Å². The highest BCUT2D eigenvalue weighted by molar-refractivity contribution is 5.68. The summed E-state index contributed by atoms with van der Waals surface area (Å²) in [7, 11) is 1.65. The van der Waals surface area contributed by atoms with E-state index in [1.54, 1.807) is 7.11 Å². The van der Waals surface area contributed by atoms with Crippen LogP contribution in [0.4, 0.5) is 5.69 Å². The molecule has 1 aromatic heterocycles. The first kappa shape index (κ1) is 13.2. The smallest absolute Gasteiger partial charge is 0.237 e. The average molecular weight is 258 g/mol. The molecule has 0 bridgehead atoms. The molecule has 1 heterocycles. The van der Waals surface area contributed by atoms with Crippen molar-refractivity contribution in [3.63, 3.8) is 0 Å². The molecule has 0 saturated heterocycles. The lowest BCUT2D eigenvalue weighted by molar-refractivity contribution is 0.329. The van der Waals surface area contributed by atoms with Crippen LogP contribution in [0.3, 0.4) is 0 Å². The highest BCUT2D eigenvalue weighted by Crippen LogP contribution is 2.29. The number of rotatable bonds is 4. The Bertz CT molecular complexity index is 582. The lowest BCUT2D eigenvalue weighted by Gasteiger charge is -2.11. The van der Waals surface area contributed by atoms with Gasteiger partial charge in [-0.3, -0.25) is 0 Å². The van der Waals surface area contributed by atoms with Crippen LogP contribution in [0.5, 0.6) is 11.6 Å². The van der Waals surface area contributed by atoms with Gasteiger partial charge in [0.15, 0.2) is 0 Å². The van der Waals surface area contributed by atoms with Gasteiger partial charge in [0.2, 0.25) is 5.88 Å². The molecule has 2 N–H and O–H groups in total. The molecule has 19 heavy (non-hydrogen) atoms. The van der Waals surface area contributed by atoms with Gasteiger partial charge in [0.25, 0.3) is 0 Å².